The number of carbonyl (C=O) groups is 1. The summed E-state index contributed by atoms with van der Waals surface area (Å²) in [5.74, 6) is 0.810. The summed E-state index contributed by atoms with van der Waals surface area (Å²) < 4.78 is 5.39. The van der Waals surface area contributed by atoms with E-state index in [1.54, 1.807) is 6.26 Å². The van der Waals surface area contributed by atoms with Crippen LogP contribution in [0.3, 0.4) is 0 Å². The molecule has 1 N–H and O–H groups in total. The number of benzene rings is 2. The van der Waals surface area contributed by atoms with Crippen LogP contribution in [0.1, 0.15) is 18.6 Å². The fourth-order valence-corrected chi connectivity index (χ4v) is 2.84. The summed E-state index contributed by atoms with van der Waals surface area (Å²) in [4.78, 5) is 14.6. The van der Waals surface area contributed by atoms with Gasteiger partial charge in [0.25, 0.3) is 0 Å². The van der Waals surface area contributed by atoms with Crippen molar-refractivity contribution in [3.8, 4) is 0 Å². The number of hydrogen-bond acceptors (Lipinski definition) is 2. The summed E-state index contributed by atoms with van der Waals surface area (Å²) in [6, 6.07) is 18.0. The molecule has 0 unspecified atom stereocenters. The monoisotopic (exact) mass is 306 g/mol. The Labute approximate surface area is 134 Å². The molecule has 0 saturated heterocycles. The smallest absolute Gasteiger partial charge is 0.322 e. The van der Waals surface area contributed by atoms with Gasteiger partial charge in [0, 0.05) is 11.4 Å². The number of amides is 2. The SMILES string of the molecule is O=C(Nc1cccc2ccccc12)N(Cc1ccco1)C1CC1. The van der Waals surface area contributed by atoms with Crippen molar-refractivity contribution in [2.45, 2.75) is 25.4 Å². The van der Waals surface area contributed by atoms with Crippen LogP contribution in [0.15, 0.2) is 65.3 Å². The first-order valence-corrected chi connectivity index (χ1v) is 7.89. The molecule has 1 saturated carbocycles. The standard InChI is InChI=1S/C19H18N2O2/c22-19(21(15-10-11-15)13-16-7-4-12-23-16)20-18-9-3-6-14-5-1-2-8-17(14)18/h1-9,12,15H,10-11,13H2,(H,20,22). The molecular formula is C19H18N2O2. The normalized spacial score (nSPS) is 13.9. The molecule has 2 amide bonds. The van der Waals surface area contributed by atoms with Gasteiger partial charge in [-0.2, -0.15) is 0 Å². The molecule has 1 aliphatic rings. The number of nitrogens with one attached hydrogen (secondary N) is 1. The first-order chi connectivity index (χ1) is 11.3. The maximum Gasteiger partial charge on any atom is 0.322 e. The first-order valence-electron chi connectivity index (χ1n) is 7.89. The Hall–Kier alpha value is -2.75. The second-order valence-corrected chi connectivity index (χ2v) is 5.90. The van der Waals surface area contributed by atoms with Crippen LogP contribution in [0.25, 0.3) is 10.8 Å². The summed E-state index contributed by atoms with van der Waals surface area (Å²) in [5, 5.41) is 5.24. The second kappa shape index (κ2) is 5.80. The summed E-state index contributed by atoms with van der Waals surface area (Å²) in [6.07, 6.45) is 3.76. The Kier molecular flexibility index (Phi) is 3.50. The molecule has 0 bridgehead atoms. The van der Waals surface area contributed by atoms with Crippen molar-refractivity contribution >= 4 is 22.5 Å². The Morgan fingerprint density at radius 2 is 1.91 bits per heavy atom. The topological polar surface area (TPSA) is 45.5 Å². The zero-order valence-corrected chi connectivity index (χ0v) is 12.7. The number of urea groups is 1. The van der Waals surface area contributed by atoms with Crippen LogP contribution >= 0.6 is 0 Å². The summed E-state index contributed by atoms with van der Waals surface area (Å²) in [6.45, 7) is 0.508. The number of carbonyl (C=O) groups excluding carboxylic acids is 1. The molecule has 4 nitrogen and oxygen atoms in total. The number of hydrogen-bond donors (Lipinski definition) is 1. The molecule has 1 fully saturated rings. The minimum atomic E-state index is -0.0692. The molecule has 2 aromatic carbocycles. The molecule has 0 aliphatic heterocycles. The molecule has 23 heavy (non-hydrogen) atoms. The van der Waals surface area contributed by atoms with Gasteiger partial charge in [-0.25, -0.2) is 4.79 Å². The van der Waals surface area contributed by atoms with Crippen molar-refractivity contribution in [2.24, 2.45) is 0 Å². The zero-order chi connectivity index (χ0) is 15.6. The lowest BCUT2D eigenvalue weighted by atomic mass is 10.1. The quantitative estimate of drug-likeness (QED) is 0.764. The molecule has 116 valence electrons. The van der Waals surface area contributed by atoms with Gasteiger partial charge in [-0.3, -0.25) is 0 Å². The van der Waals surface area contributed by atoms with Crippen molar-refractivity contribution in [3.63, 3.8) is 0 Å². The van der Waals surface area contributed by atoms with Crippen LogP contribution in [0.4, 0.5) is 10.5 Å². The lowest BCUT2D eigenvalue weighted by Crippen LogP contribution is -2.36. The molecule has 4 rings (SSSR count). The van der Waals surface area contributed by atoms with Gasteiger partial charge < -0.3 is 14.6 Å². The maximum absolute atomic E-state index is 12.7. The average molecular weight is 306 g/mol. The number of fused-ring (bicyclic) bond motifs is 1. The molecule has 0 spiro atoms. The van der Waals surface area contributed by atoms with Gasteiger partial charge in [-0.1, -0.05) is 36.4 Å². The molecule has 4 heteroatoms. The fraction of sp³-hybridized carbons (Fsp3) is 0.211. The van der Waals surface area contributed by atoms with Crippen LogP contribution in [0.5, 0.6) is 0 Å². The van der Waals surface area contributed by atoms with E-state index in [1.807, 2.05) is 59.5 Å². The Balaban J connectivity index is 1.57. The van der Waals surface area contributed by atoms with Crippen molar-refractivity contribution in [3.05, 3.63) is 66.6 Å². The highest BCUT2D eigenvalue weighted by Crippen LogP contribution is 2.30. The van der Waals surface area contributed by atoms with Crippen LogP contribution < -0.4 is 5.32 Å². The number of furan rings is 1. The van der Waals surface area contributed by atoms with E-state index in [-0.39, 0.29) is 6.03 Å². The molecular weight excluding hydrogens is 288 g/mol. The van der Waals surface area contributed by atoms with Crippen LogP contribution in [-0.4, -0.2) is 17.0 Å². The Bertz CT molecular complexity index is 817. The maximum atomic E-state index is 12.7. The van der Waals surface area contributed by atoms with Gasteiger partial charge >= 0.3 is 6.03 Å². The van der Waals surface area contributed by atoms with Crippen molar-refractivity contribution in [1.82, 2.24) is 4.90 Å². The highest BCUT2D eigenvalue weighted by molar-refractivity contribution is 6.01. The van der Waals surface area contributed by atoms with Gasteiger partial charge in [0.2, 0.25) is 0 Å². The third-order valence-corrected chi connectivity index (χ3v) is 4.19. The second-order valence-electron chi connectivity index (χ2n) is 5.90. The van der Waals surface area contributed by atoms with E-state index < -0.39 is 0 Å². The molecule has 0 atom stereocenters. The molecule has 3 aromatic rings. The summed E-state index contributed by atoms with van der Waals surface area (Å²) >= 11 is 0. The van der Waals surface area contributed by atoms with Crippen LogP contribution in [0.2, 0.25) is 0 Å². The highest BCUT2D eigenvalue weighted by Gasteiger charge is 2.33. The molecule has 1 aromatic heterocycles. The van der Waals surface area contributed by atoms with E-state index in [0.717, 1.165) is 35.1 Å². The van der Waals surface area contributed by atoms with Crippen LogP contribution in [0, 0.1) is 0 Å². The van der Waals surface area contributed by atoms with Crippen molar-refractivity contribution in [2.75, 3.05) is 5.32 Å². The zero-order valence-electron chi connectivity index (χ0n) is 12.7. The van der Waals surface area contributed by atoms with Gasteiger partial charge in [0.05, 0.1) is 18.5 Å². The molecule has 0 radical (unpaired) electrons. The average Bonchev–Trinajstić information content (AvgIpc) is 3.29. The summed E-state index contributed by atoms with van der Waals surface area (Å²) in [5.41, 5.74) is 0.846. The number of nitrogens with zero attached hydrogens (tertiary/aromatic N) is 1. The molecule has 1 heterocycles. The third-order valence-electron chi connectivity index (χ3n) is 4.19. The van der Waals surface area contributed by atoms with E-state index in [4.69, 9.17) is 4.42 Å². The predicted molar refractivity (Wildman–Crippen MR) is 90.2 cm³/mol. The van der Waals surface area contributed by atoms with Gasteiger partial charge in [-0.15, -0.1) is 0 Å². The van der Waals surface area contributed by atoms with E-state index in [0.29, 0.717) is 12.6 Å². The van der Waals surface area contributed by atoms with Gasteiger partial charge in [0.15, 0.2) is 0 Å². The van der Waals surface area contributed by atoms with Gasteiger partial charge in [0.1, 0.15) is 5.76 Å². The number of rotatable bonds is 4. The fourth-order valence-electron chi connectivity index (χ4n) is 2.84. The largest absolute Gasteiger partial charge is 0.467 e. The van der Waals surface area contributed by atoms with Crippen LogP contribution in [-0.2, 0) is 6.54 Å². The van der Waals surface area contributed by atoms with E-state index >= 15 is 0 Å². The van der Waals surface area contributed by atoms with Crippen molar-refractivity contribution in [1.29, 1.82) is 0 Å². The van der Waals surface area contributed by atoms with Crippen molar-refractivity contribution < 1.29 is 9.21 Å². The lowest BCUT2D eigenvalue weighted by molar-refractivity contribution is 0.201. The third kappa shape index (κ3) is 2.93. The Morgan fingerprint density at radius 1 is 1.09 bits per heavy atom. The number of anilines is 1. The lowest BCUT2D eigenvalue weighted by Gasteiger charge is -2.22. The first kappa shape index (κ1) is 13.9. The molecule has 1 aliphatic carbocycles. The minimum Gasteiger partial charge on any atom is -0.467 e. The van der Waals surface area contributed by atoms with Gasteiger partial charge in [-0.05, 0) is 36.4 Å². The Morgan fingerprint density at radius 3 is 2.70 bits per heavy atom. The summed E-state index contributed by atoms with van der Waals surface area (Å²) in [7, 11) is 0. The highest BCUT2D eigenvalue weighted by atomic mass is 16.3. The van der Waals surface area contributed by atoms with E-state index in [2.05, 4.69) is 5.32 Å². The van der Waals surface area contributed by atoms with E-state index in [9.17, 15) is 4.79 Å². The van der Waals surface area contributed by atoms with E-state index in [1.165, 1.54) is 0 Å². The predicted octanol–water partition coefficient (Wildman–Crippen LogP) is 4.63. The minimum absolute atomic E-state index is 0.0692.